The minimum absolute atomic E-state index is 0.227. The third-order valence-corrected chi connectivity index (χ3v) is 4.16. The summed E-state index contributed by atoms with van der Waals surface area (Å²) in [6, 6.07) is 18.9. The molecule has 1 amide bonds. The first-order valence-electron chi connectivity index (χ1n) is 7.98. The maximum absolute atomic E-state index is 11.8. The summed E-state index contributed by atoms with van der Waals surface area (Å²) in [5.74, 6) is 1.25. The Kier molecular flexibility index (Phi) is 5.86. The molecular formula is C20H17BrN2O3. The van der Waals surface area contributed by atoms with E-state index in [1.807, 2.05) is 48.5 Å². The number of nitrogens with one attached hydrogen (secondary N) is 1. The van der Waals surface area contributed by atoms with E-state index in [-0.39, 0.29) is 5.76 Å². The van der Waals surface area contributed by atoms with E-state index in [2.05, 4.69) is 26.5 Å². The van der Waals surface area contributed by atoms with Gasteiger partial charge in [-0.15, -0.1) is 0 Å². The van der Waals surface area contributed by atoms with Crippen LogP contribution in [0.4, 0.5) is 0 Å². The van der Waals surface area contributed by atoms with Gasteiger partial charge >= 0.3 is 5.91 Å². The van der Waals surface area contributed by atoms with Crippen LogP contribution in [0, 0.1) is 6.92 Å². The van der Waals surface area contributed by atoms with Crippen molar-refractivity contribution < 1.29 is 13.9 Å². The maximum atomic E-state index is 11.8. The Balaban J connectivity index is 1.57. The number of carbonyl (C=O) groups is 1. The Labute approximate surface area is 159 Å². The predicted octanol–water partition coefficient (Wildman–Crippen LogP) is 4.69. The van der Waals surface area contributed by atoms with E-state index in [0.717, 1.165) is 21.3 Å². The summed E-state index contributed by atoms with van der Waals surface area (Å²) < 4.78 is 11.9. The number of nitrogens with zero attached hydrogens (tertiary/aromatic N) is 1. The van der Waals surface area contributed by atoms with Gasteiger partial charge in [0.15, 0.2) is 5.76 Å². The normalized spacial score (nSPS) is 10.8. The third kappa shape index (κ3) is 4.83. The second-order valence-electron chi connectivity index (χ2n) is 5.57. The van der Waals surface area contributed by atoms with Crippen molar-refractivity contribution in [2.45, 2.75) is 13.5 Å². The predicted molar refractivity (Wildman–Crippen MR) is 103 cm³/mol. The second-order valence-corrected chi connectivity index (χ2v) is 6.43. The molecule has 3 rings (SSSR count). The molecule has 1 aromatic heterocycles. The van der Waals surface area contributed by atoms with E-state index in [0.29, 0.717) is 12.4 Å². The molecule has 0 fully saturated rings. The van der Waals surface area contributed by atoms with E-state index >= 15 is 0 Å². The Hall–Kier alpha value is -2.86. The van der Waals surface area contributed by atoms with Crippen molar-refractivity contribution in [1.82, 2.24) is 5.43 Å². The SMILES string of the molecule is Cc1ccc(C(=O)N/N=C\c2ccc(OCc3ccccc3)c(Br)c2)o1. The molecule has 2 aromatic carbocycles. The molecule has 3 aromatic rings. The molecule has 132 valence electrons. The summed E-state index contributed by atoms with van der Waals surface area (Å²) in [4.78, 5) is 11.8. The molecule has 0 aliphatic heterocycles. The van der Waals surface area contributed by atoms with Crippen LogP contribution in [-0.4, -0.2) is 12.1 Å². The first-order chi connectivity index (χ1) is 12.6. The Bertz CT molecular complexity index is 920. The van der Waals surface area contributed by atoms with Crippen LogP contribution >= 0.6 is 15.9 Å². The molecule has 1 heterocycles. The minimum Gasteiger partial charge on any atom is -0.488 e. The van der Waals surface area contributed by atoms with Crippen molar-refractivity contribution in [3.8, 4) is 5.75 Å². The highest BCUT2D eigenvalue weighted by Crippen LogP contribution is 2.26. The van der Waals surface area contributed by atoms with Crippen molar-refractivity contribution in [3.63, 3.8) is 0 Å². The lowest BCUT2D eigenvalue weighted by Crippen LogP contribution is -2.16. The minimum atomic E-state index is -0.392. The summed E-state index contributed by atoms with van der Waals surface area (Å²) in [6.07, 6.45) is 1.55. The number of hydrogen-bond donors (Lipinski definition) is 1. The van der Waals surface area contributed by atoms with Gasteiger partial charge in [-0.3, -0.25) is 4.79 Å². The van der Waals surface area contributed by atoms with Gasteiger partial charge in [0.1, 0.15) is 18.1 Å². The highest BCUT2D eigenvalue weighted by molar-refractivity contribution is 9.10. The number of hydrogen-bond acceptors (Lipinski definition) is 4. The number of furan rings is 1. The highest BCUT2D eigenvalue weighted by Gasteiger charge is 2.08. The Morgan fingerprint density at radius 2 is 2.00 bits per heavy atom. The lowest BCUT2D eigenvalue weighted by atomic mass is 10.2. The summed E-state index contributed by atoms with van der Waals surface area (Å²) in [7, 11) is 0. The highest BCUT2D eigenvalue weighted by atomic mass is 79.9. The van der Waals surface area contributed by atoms with Gasteiger partial charge in [-0.2, -0.15) is 5.10 Å². The van der Waals surface area contributed by atoms with Crippen LogP contribution < -0.4 is 10.2 Å². The topological polar surface area (TPSA) is 63.8 Å². The van der Waals surface area contributed by atoms with Crippen LogP contribution in [0.15, 0.2) is 74.7 Å². The standard InChI is InChI=1S/C20H17BrN2O3/c1-14-7-9-19(26-14)20(24)23-22-12-16-8-10-18(17(21)11-16)25-13-15-5-3-2-4-6-15/h2-12H,13H2,1H3,(H,23,24)/b22-12-. The first kappa shape index (κ1) is 17.9. The van der Waals surface area contributed by atoms with Crippen molar-refractivity contribution in [3.05, 3.63) is 87.8 Å². The molecule has 26 heavy (non-hydrogen) atoms. The zero-order chi connectivity index (χ0) is 18.4. The largest absolute Gasteiger partial charge is 0.488 e. The van der Waals surface area contributed by atoms with Crippen LogP contribution in [0.25, 0.3) is 0 Å². The Morgan fingerprint density at radius 3 is 2.69 bits per heavy atom. The molecule has 0 saturated carbocycles. The molecule has 0 spiro atoms. The molecule has 0 aliphatic carbocycles. The fraction of sp³-hybridized carbons (Fsp3) is 0.100. The molecule has 0 unspecified atom stereocenters. The van der Waals surface area contributed by atoms with Crippen LogP contribution in [0.2, 0.25) is 0 Å². The molecule has 0 atom stereocenters. The monoisotopic (exact) mass is 412 g/mol. The van der Waals surface area contributed by atoms with Gasteiger partial charge in [-0.1, -0.05) is 30.3 Å². The van der Waals surface area contributed by atoms with Crippen LogP contribution in [0.3, 0.4) is 0 Å². The number of halogens is 1. The number of hydrazone groups is 1. The third-order valence-electron chi connectivity index (χ3n) is 3.54. The molecule has 6 heteroatoms. The summed E-state index contributed by atoms with van der Waals surface area (Å²) in [6.45, 7) is 2.27. The van der Waals surface area contributed by atoms with E-state index in [1.54, 1.807) is 25.3 Å². The van der Waals surface area contributed by atoms with Gasteiger partial charge < -0.3 is 9.15 Å². The van der Waals surface area contributed by atoms with Gasteiger partial charge in [-0.25, -0.2) is 5.43 Å². The van der Waals surface area contributed by atoms with E-state index in [1.165, 1.54) is 0 Å². The zero-order valence-electron chi connectivity index (χ0n) is 14.1. The first-order valence-corrected chi connectivity index (χ1v) is 8.77. The smallest absolute Gasteiger partial charge is 0.307 e. The second kappa shape index (κ2) is 8.49. The average Bonchev–Trinajstić information content (AvgIpc) is 3.08. The molecule has 1 N–H and O–H groups in total. The summed E-state index contributed by atoms with van der Waals surface area (Å²) >= 11 is 3.49. The molecule has 0 aliphatic rings. The number of benzene rings is 2. The quantitative estimate of drug-likeness (QED) is 0.471. The van der Waals surface area contributed by atoms with E-state index in [9.17, 15) is 4.79 Å². The molecule has 0 radical (unpaired) electrons. The fourth-order valence-electron chi connectivity index (χ4n) is 2.23. The maximum Gasteiger partial charge on any atom is 0.307 e. The van der Waals surface area contributed by atoms with Crippen molar-refractivity contribution in [2.24, 2.45) is 5.10 Å². The van der Waals surface area contributed by atoms with Gasteiger partial charge in [0.05, 0.1) is 10.7 Å². The van der Waals surface area contributed by atoms with Gasteiger partial charge in [0.25, 0.3) is 0 Å². The van der Waals surface area contributed by atoms with Crippen LogP contribution in [0.1, 0.15) is 27.4 Å². The van der Waals surface area contributed by atoms with Crippen molar-refractivity contribution in [1.29, 1.82) is 0 Å². The van der Waals surface area contributed by atoms with Crippen LogP contribution in [0.5, 0.6) is 5.75 Å². The molecule has 5 nitrogen and oxygen atoms in total. The zero-order valence-corrected chi connectivity index (χ0v) is 15.7. The number of aryl methyl sites for hydroxylation is 1. The average molecular weight is 413 g/mol. The molecular weight excluding hydrogens is 396 g/mol. The van der Waals surface area contributed by atoms with E-state index in [4.69, 9.17) is 9.15 Å². The van der Waals surface area contributed by atoms with Crippen molar-refractivity contribution in [2.75, 3.05) is 0 Å². The number of carbonyl (C=O) groups excluding carboxylic acids is 1. The van der Waals surface area contributed by atoms with Crippen LogP contribution in [-0.2, 0) is 6.61 Å². The van der Waals surface area contributed by atoms with Crippen molar-refractivity contribution >= 4 is 28.1 Å². The number of amides is 1. The van der Waals surface area contributed by atoms with E-state index < -0.39 is 5.91 Å². The summed E-state index contributed by atoms with van der Waals surface area (Å²) in [5.41, 5.74) is 4.35. The van der Waals surface area contributed by atoms with Gasteiger partial charge in [-0.05, 0) is 64.3 Å². The molecule has 0 bridgehead atoms. The summed E-state index contributed by atoms with van der Waals surface area (Å²) in [5, 5.41) is 3.95. The van der Waals surface area contributed by atoms with Gasteiger partial charge in [0, 0.05) is 0 Å². The Morgan fingerprint density at radius 1 is 1.19 bits per heavy atom. The number of rotatable bonds is 6. The number of ether oxygens (including phenoxy) is 1. The molecule has 0 saturated heterocycles. The lowest BCUT2D eigenvalue weighted by molar-refractivity contribution is 0.0926. The lowest BCUT2D eigenvalue weighted by Gasteiger charge is -2.08. The van der Waals surface area contributed by atoms with Gasteiger partial charge in [0.2, 0.25) is 0 Å². The fourth-order valence-corrected chi connectivity index (χ4v) is 2.74.